The van der Waals surface area contributed by atoms with Crippen LogP contribution in [0.5, 0.6) is 0 Å². The third-order valence-electron chi connectivity index (χ3n) is 3.32. The molecule has 142 valence electrons. The summed E-state index contributed by atoms with van der Waals surface area (Å²) in [5.74, 6) is -1.74. The van der Waals surface area contributed by atoms with Crippen LogP contribution in [0.15, 0.2) is 18.2 Å². The number of rotatable bonds is 3. The van der Waals surface area contributed by atoms with Crippen LogP contribution in [-0.4, -0.2) is 42.9 Å². The summed E-state index contributed by atoms with van der Waals surface area (Å²) in [6.07, 6.45) is -1.98. The molecule has 0 aromatic heterocycles. The Hall–Kier alpha value is -2.88. The Kier molecular flexibility index (Phi) is 5.66. The molecule has 0 bridgehead atoms. The normalized spacial score (nSPS) is 16.9. The van der Waals surface area contributed by atoms with Gasteiger partial charge in [0.1, 0.15) is 17.5 Å². The van der Waals surface area contributed by atoms with Gasteiger partial charge in [-0.2, -0.15) is 0 Å². The molecule has 1 aliphatic heterocycles. The molecule has 1 atom stereocenters. The highest BCUT2D eigenvalue weighted by Gasteiger charge is 2.32. The van der Waals surface area contributed by atoms with Gasteiger partial charge >= 0.3 is 12.2 Å². The molecule has 1 aliphatic rings. The predicted octanol–water partition coefficient (Wildman–Crippen LogP) is 1.28. The van der Waals surface area contributed by atoms with E-state index in [1.165, 1.54) is 17.0 Å². The first-order valence-electron chi connectivity index (χ1n) is 7.88. The largest absolute Gasteiger partial charge is 0.443 e. The van der Waals surface area contributed by atoms with Crippen LogP contribution >= 0.6 is 0 Å². The molecule has 4 N–H and O–H groups in total. The molecule has 1 heterocycles. The van der Waals surface area contributed by atoms with Crippen molar-refractivity contribution in [2.45, 2.75) is 32.5 Å². The molecule has 0 spiro atoms. The van der Waals surface area contributed by atoms with Crippen LogP contribution in [0.25, 0.3) is 0 Å². The van der Waals surface area contributed by atoms with Crippen LogP contribution in [0.4, 0.5) is 19.7 Å². The maximum atomic E-state index is 14.2. The van der Waals surface area contributed by atoms with Gasteiger partial charge in [0.25, 0.3) is 5.91 Å². The predicted molar refractivity (Wildman–Crippen MR) is 89.9 cm³/mol. The highest BCUT2D eigenvalue weighted by Crippen LogP contribution is 2.23. The molecule has 1 aromatic rings. The lowest BCUT2D eigenvalue weighted by Gasteiger charge is -2.19. The van der Waals surface area contributed by atoms with Crippen LogP contribution in [0.3, 0.4) is 0 Å². The number of hydrogen-bond acceptors (Lipinski definition) is 6. The van der Waals surface area contributed by atoms with Gasteiger partial charge < -0.3 is 15.2 Å². The Morgan fingerprint density at radius 1 is 1.38 bits per heavy atom. The number of nitrogens with two attached hydrogens (primary N) is 1. The highest BCUT2D eigenvalue weighted by atomic mass is 19.1. The first kappa shape index (κ1) is 19.4. The zero-order valence-corrected chi connectivity index (χ0v) is 14.7. The standard InChI is InChI=1S/C16H21FN4O5/c1-16(2,3)26-14(23)20-19-13(22)11-5-4-9(6-12(11)17)21-8-10(7-18)25-15(21)24/h4-6,10H,7-8,18H2,1-3H3,(H,19,22)(H,20,23). The van der Waals surface area contributed by atoms with E-state index in [4.69, 9.17) is 15.2 Å². The Balaban J connectivity index is 2.02. The molecule has 2 rings (SSSR count). The molecular weight excluding hydrogens is 347 g/mol. The molecule has 1 saturated heterocycles. The van der Waals surface area contributed by atoms with Crippen LogP contribution in [0.1, 0.15) is 31.1 Å². The minimum Gasteiger partial charge on any atom is -0.443 e. The number of nitrogens with one attached hydrogen (secondary N) is 2. The molecule has 1 unspecified atom stereocenters. The number of carbonyl (C=O) groups excluding carboxylic acids is 3. The van der Waals surface area contributed by atoms with Gasteiger partial charge in [-0.05, 0) is 39.0 Å². The fourth-order valence-corrected chi connectivity index (χ4v) is 2.19. The molecule has 0 aliphatic carbocycles. The lowest BCUT2D eigenvalue weighted by Crippen LogP contribution is -2.44. The van der Waals surface area contributed by atoms with Crippen molar-refractivity contribution in [3.8, 4) is 0 Å². The van der Waals surface area contributed by atoms with Crippen LogP contribution in [0, 0.1) is 5.82 Å². The third-order valence-corrected chi connectivity index (χ3v) is 3.32. The molecule has 1 fully saturated rings. The summed E-state index contributed by atoms with van der Waals surface area (Å²) in [5.41, 5.74) is 8.71. The van der Waals surface area contributed by atoms with Gasteiger partial charge in [-0.25, -0.2) is 19.4 Å². The second-order valence-electron chi connectivity index (χ2n) is 6.60. The number of ether oxygens (including phenoxy) is 2. The molecule has 9 nitrogen and oxygen atoms in total. The number of carbonyl (C=O) groups is 3. The molecule has 10 heteroatoms. The van der Waals surface area contributed by atoms with E-state index in [0.29, 0.717) is 0 Å². The average Bonchev–Trinajstić information content (AvgIpc) is 2.92. The lowest BCUT2D eigenvalue weighted by molar-refractivity contribution is 0.0483. The van der Waals surface area contributed by atoms with Gasteiger partial charge in [0, 0.05) is 6.54 Å². The summed E-state index contributed by atoms with van der Waals surface area (Å²) in [5, 5.41) is 0. The molecule has 1 aromatic carbocycles. The van der Waals surface area contributed by atoms with Gasteiger partial charge in [-0.15, -0.1) is 0 Å². The van der Waals surface area contributed by atoms with Crippen molar-refractivity contribution < 1.29 is 28.2 Å². The van der Waals surface area contributed by atoms with E-state index < -0.39 is 35.6 Å². The minimum atomic E-state index is -0.879. The molecule has 0 radical (unpaired) electrons. The fourth-order valence-electron chi connectivity index (χ4n) is 2.19. The maximum absolute atomic E-state index is 14.2. The third kappa shape index (κ3) is 4.82. The Morgan fingerprint density at radius 3 is 2.62 bits per heavy atom. The summed E-state index contributed by atoms with van der Waals surface area (Å²) in [7, 11) is 0. The Labute approximate surface area is 149 Å². The van der Waals surface area contributed by atoms with Crippen LogP contribution in [-0.2, 0) is 9.47 Å². The van der Waals surface area contributed by atoms with Gasteiger partial charge in [-0.1, -0.05) is 0 Å². The number of hydrazine groups is 1. The van der Waals surface area contributed by atoms with Gasteiger partial charge in [0.05, 0.1) is 17.8 Å². The van der Waals surface area contributed by atoms with Crippen molar-refractivity contribution in [3.05, 3.63) is 29.6 Å². The zero-order valence-electron chi connectivity index (χ0n) is 14.7. The zero-order chi connectivity index (χ0) is 19.5. The first-order chi connectivity index (χ1) is 12.1. The molecule has 0 saturated carbocycles. The smallest absolute Gasteiger partial charge is 0.426 e. The summed E-state index contributed by atoms with van der Waals surface area (Å²) in [6, 6.07) is 3.62. The number of nitrogens with zero attached hydrogens (tertiary/aromatic N) is 1. The number of cyclic esters (lactones) is 1. The van der Waals surface area contributed by atoms with E-state index in [1.807, 2.05) is 5.43 Å². The van der Waals surface area contributed by atoms with E-state index in [1.54, 1.807) is 20.8 Å². The second kappa shape index (κ2) is 7.56. The monoisotopic (exact) mass is 368 g/mol. The van der Waals surface area contributed by atoms with Gasteiger partial charge in [0.15, 0.2) is 0 Å². The van der Waals surface area contributed by atoms with Gasteiger partial charge in [-0.3, -0.25) is 15.1 Å². The number of hydrogen-bond donors (Lipinski definition) is 3. The Morgan fingerprint density at radius 2 is 2.08 bits per heavy atom. The van der Waals surface area contributed by atoms with Crippen LogP contribution < -0.4 is 21.5 Å². The summed E-state index contributed by atoms with van der Waals surface area (Å²) in [6.45, 7) is 5.32. The Bertz CT molecular complexity index is 719. The van der Waals surface area contributed by atoms with Crippen molar-refractivity contribution in [2.75, 3.05) is 18.0 Å². The number of anilines is 1. The first-order valence-corrected chi connectivity index (χ1v) is 7.88. The lowest BCUT2D eigenvalue weighted by atomic mass is 10.1. The van der Waals surface area contributed by atoms with E-state index in [-0.39, 0.29) is 24.3 Å². The summed E-state index contributed by atoms with van der Waals surface area (Å²) >= 11 is 0. The minimum absolute atomic E-state index is 0.154. The van der Waals surface area contributed by atoms with E-state index in [0.717, 1.165) is 6.07 Å². The maximum Gasteiger partial charge on any atom is 0.426 e. The van der Waals surface area contributed by atoms with E-state index >= 15 is 0 Å². The number of halogens is 1. The van der Waals surface area contributed by atoms with Gasteiger partial charge in [0.2, 0.25) is 0 Å². The van der Waals surface area contributed by atoms with Crippen molar-refractivity contribution in [3.63, 3.8) is 0 Å². The number of benzene rings is 1. The molecule has 3 amide bonds. The quantitative estimate of drug-likeness (QED) is 0.691. The van der Waals surface area contributed by atoms with Crippen molar-refractivity contribution in [2.24, 2.45) is 5.73 Å². The topological polar surface area (TPSA) is 123 Å². The molecular formula is C16H21FN4O5. The molecule has 26 heavy (non-hydrogen) atoms. The SMILES string of the molecule is CC(C)(C)OC(=O)NNC(=O)c1ccc(N2CC(CN)OC2=O)cc1F. The second-order valence-corrected chi connectivity index (χ2v) is 6.60. The summed E-state index contributed by atoms with van der Waals surface area (Å²) in [4.78, 5) is 36.5. The van der Waals surface area contributed by atoms with Crippen molar-refractivity contribution in [1.29, 1.82) is 0 Å². The number of amides is 3. The summed E-state index contributed by atoms with van der Waals surface area (Å²) < 4.78 is 24.2. The fraction of sp³-hybridized carbons (Fsp3) is 0.438. The van der Waals surface area contributed by atoms with Crippen LogP contribution in [0.2, 0.25) is 0 Å². The average molecular weight is 368 g/mol. The highest BCUT2D eigenvalue weighted by molar-refractivity contribution is 5.96. The van der Waals surface area contributed by atoms with E-state index in [9.17, 15) is 18.8 Å². The van der Waals surface area contributed by atoms with Crippen molar-refractivity contribution >= 4 is 23.8 Å². The van der Waals surface area contributed by atoms with E-state index in [2.05, 4.69) is 5.43 Å². The van der Waals surface area contributed by atoms with Crippen molar-refractivity contribution in [1.82, 2.24) is 10.9 Å².